The number of ether oxygens (including phenoxy) is 1. The molecular formula is C12H19N5O2S. The van der Waals surface area contributed by atoms with Crippen LogP contribution in [0.15, 0.2) is 11.2 Å². The van der Waals surface area contributed by atoms with Crippen molar-refractivity contribution in [1.82, 2.24) is 14.7 Å². The first-order valence-corrected chi connectivity index (χ1v) is 6.75. The fraction of sp³-hybridized carbons (Fsp3) is 0.500. The Morgan fingerprint density at radius 1 is 1.50 bits per heavy atom. The van der Waals surface area contributed by atoms with Crippen molar-refractivity contribution in [3.63, 3.8) is 0 Å². The summed E-state index contributed by atoms with van der Waals surface area (Å²) >= 11 is 1.24. The Bertz CT molecular complexity index is 542. The highest BCUT2D eigenvalue weighted by molar-refractivity contribution is 7.06. The minimum absolute atomic E-state index is 0.0897. The third-order valence-electron chi connectivity index (χ3n) is 2.38. The quantitative estimate of drug-likeness (QED) is 0.280. The third-order valence-corrected chi connectivity index (χ3v) is 3.13. The lowest BCUT2D eigenvalue weighted by atomic mass is 9.96. The molecule has 0 aliphatic carbocycles. The number of esters is 1. The summed E-state index contributed by atoms with van der Waals surface area (Å²) in [6.07, 6.45) is 1.76. The van der Waals surface area contributed by atoms with E-state index < -0.39 is 5.97 Å². The van der Waals surface area contributed by atoms with E-state index in [1.165, 1.54) is 18.6 Å². The van der Waals surface area contributed by atoms with Gasteiger partial charge in [-0.2, -0.15) is 9.47 Å². The Hall–Kier alpha value is -1.96. The fourth-order valence-electron chi connectivity index (χ4n) is 1.25. The van der Waals surface area contributed by atoms with Crippen LogP contribution in [0.1, 0.15) is 38.5 Å². The highest BCUT2D eigenvalue weighted by Gasteiger charge is 2.22. The van der Waals surface area contributed by atoms with Crippen molar-refractivity contribution in [2.24, 2.45) is 10.9 Å². The average Bonchev–Trinajstić information content (AvgIpc) is 2.89. The molecule has 7 nitrogen and oxygen atoms in total. The number of carbonyl (C=O) groups excluding carboxylic acids is 1. The predicted molar refractivity (Wildman–Crippen MR) is 79.0 cm³/mol. The smallest absolute Gasteiger partial charge is 0.375 e. The molecule has 0 aliphatic rings. The molecule has 0 aliphatic heterocycles. The maximum atomic E-state index is 11.4. The van der Waals surface area contributed by atoms with Gasteiger partial charge >= 0.3 is 5.97 Å². The van der Waals surface area contributed by atoms with E-state index in [4.69, 9.17) is 5.84 Å². The van der Waals surface area contributed by atoms with Crippen molar-refractivity contribution in [3.8, 4) is 0 Å². The first kappa shape index (κ1) is 16.1. The summed E-state index contributed by atoms with van der Waals surface area (Å²) in [4.78, 5) is 15.9. The lowest BCUT2D eigenvalue weighted by Crippen LogP contribution is -2.32. The van der Waals surface area contributed by atoms with E-state index >= 15 is 0 Å². The Kier molecular flexibility index (Phi) is 5.20. The second kappa shape index (κ2) is 6.47. The minimum Gasteiger partial charge on any atom is -0.463 e. The van der Waals surface area contributed by atoms with E-state index in [-0.39, 0.29) is 11.3 Å². The van der Waals surface area contributed by atoms with Gasteiger partial charge in [0, 0.05) is 5.41 Å². The zero-order chi connectivity index (χ0) is 15.3. The molecule has 1 rings (SSSR count). The van der Waals surface area contributed by atoms with Gasteiger partial charge in [0.2, 0.25) is 5.84 Å². The van der Waals surface area contributed by atoms with Gasteiger partial charge < -0.3 is 15.9 Å². The Labute approximate surface area is 122 Å². The summed E-state index contributed by atoms with van der Waals surface area (Å²) in [6, 6.07) is 0. The van der Waals surface area contributed by atoms with Crippen molar-refractivity contribution >= 4 is 29.0 Å². The number of rotatable bonds is 2. The van der Waals surface area contributed by atoms with Gasteiger partial charge in [0.25, 0.3) is 0 Å². The zero-order valence-electron chi connectivity index (χ0n) is 12.2. The Balaban J connectivity index is 2.98. The van der Waals surface area contributed by atoms with Crippen LogP contribution in [0.3, 0.4) is 0 Å². The highest BCUT2D eigenvalue weighted by Crippen LogP contribution is 2.23. The van der Waals surface area contributed by atoms with E-state index in [1.54, 1.807) is 6.08 Å². The van der Waals surface area contributed by atoms with E-state index in [0.717, 1.165) is 5.82 Å². The standard InChI is InChI=1S/C12H19N5O2S/c1-6-7(14-8(16-13)10(18)19-5)9-15-11(17-20-9)12(2,3)4/h6H,13H2,1-5H3,(H,14,16)/b7-6-. The van der Waals surface area contributed by atoms with Crippen LogP contribution in [0.2, 0.25) is 0 Å². The number of nitrogens with one attached hydrogen (secondary N) is 1. The molecule has 20 heavy (non-hydrogen) atoms. The molecule has 1 heterocycles. The predicted octanol–water partition coefficient (Wildman–Crippen LogP) is 1.23. The van der Waals surface area contributed by atoms with Crippen LogP contribution >= 0.6 is 11.5 Å². The number of hydrazone groups is 1. The van der Waals surface area contributed by atoms with Crippen LogP contribution in [-0.2, 0) is 14.9 Å². The summed E-state index contributed by atoms with van der Waals surface area (Å²) in [5.41, 5.74) is 0.466. The maximum absolute atomic E-state index is 11.4. The van der Waals surface area contributed by atoms with Gasteiger partial charge in [0.1, 0.15) is 5.82 Å². The molecule has 0 saturated carbocycles. The van der Waals surface area contributed by atoms with Crippen LogP contribution in [0.4, 0.5) is 0 Å². The Morgan fingerprint density at radius 2 is 2.15 bits per heavy atom. The molecular weight excluding hydrogens is 278 g/mol. The van der Waals surface area contributed by atoms with Crippen molar-refractivity contribution < 1.29 is 9.53 Å². The van der Waals surface area contributed by atoms with Crippen LogP contribution in [0.25, 0.3) is 5.70 Å². The molecule has 0 fully saturated rings. The lowest BCUT2D eigenvalue weighted by molar-refractivity contribution is -0.132. The van der Waals surface area contributed by atoms with Crippen LogP contribution in [-0.4, -0.2) is 28.3 Å². The molecule has 1 aromatic rings. The van der Waals surface area contributed by atoms with Crippen LogP contribution in [0, 0.1) is 0 Å². The third kappa shape index (κ3) is 3.77. The maximum Gasteiger partial charge on any atom is 0.375 e. The van der Waals surface area contributed by atoms with Crippen LogP contribution < -0.4 is 11.2 Å². The number of allylic oxidation sites excluding steroid dienone is 1. The number of hydrogen-bond donors (Lipinski definition) is 2. The molecule has 0 atom stereocenters. The average molecular weight is 297 g/mol. The number of nitrogens with zero attached hydrogens (tertiary/aromatic N) is 3. The minimum atomic E-state index is -0.646. The number of methoxy groups -OCH3 is 1. The van der Waals surface area contributed by atoms with Crippen molar-refractivity contribution in [3.05, 3.63) is 16.9 Å². The van der Waals surface area contributed by atoms with Gasteiger partial charge in [-0.3, -0.25) is 0 Å². The molecule has 0 radical (unpaired) electrons. The van der Waals surface area contributed by atoms with Gasteiger partial charge in [0.05, 0.1) is 12.8 Å². The second-order valence-corrected chi connectivity index (χ2v) is 5.72. The molecule has 0 amide bonds. The molecule has 0 spiro atoms. The normalized spacial score (nSPS) is 13.2. The number of aromatic nitrogens is 2. The molecule has 0 unspecified atom stereocenters. The van der Waals surface area contributed by atoms with Gasteiger partial charge in [0.15, 0.2) is 5.01 Å². The number of nitrogens with two attached hydrogens (primary N) is 1. The topological polar surface area (TPSA) is 102 Å². The second-order valence-electron chi connectivity index (χ2n) is 4.97. The van der Waals surface area contributed by atoms with E-state index in [9.17, 15) is 4.79 Å². The SMILES string of the molecule is C/C=C(\N/C(=N\N)C(=O)OC)c1nc(C(C)(C)C)ns1. The summed E-state index contributed by atoms with van der Waals surface area (Å²) in [5.74, 6) is 5.17. The van der Waals surface area contributed by atoms with Crippen molar-refractivity contribution in [1.29, 1.82) is 0 Å². The molecule has 1 aromatic heterocycles. The van der Waals surface area contributed by atoms with Gasteiger partial charge in [-0.25, -0.2) is 9.78 Å². The summed E-state index contributed by atoms with van der Waals surface area (Å²) in [7, 11) is 1.26. The molecule has 110 valence electrons. The van der Waals surface area contributed by atoms with Crippen molar-refractivity contribution in [2.75, 3.05) is 7.11 Å². The first-order chi connectivity index (χ1) is 9.33. The van der Waals surface area contributed by atoms with E-state index in [1.807, 2.05) is 27.7 Å². The molecule has 0 aromatic carbocycles. The largest absolute Gasteiger partial charge is 0.463 e. The van der Waals surface area contributed by atoms with Crippen molar-refractivity contribution in [2.45, 2.75) is 33.1 Å². The zero-order valence-corrected chi connectivity index (χ0v) is 13.0. The molecule has 8 heteroatoms. The van der Waals surface area contributed by atoms with Gasteiger partial charge in [-0.05, 0) is 18.5 Å². The summed E-state index contributed by atoms with van der Waals surface area (Å²) in [5, 5.41) is 6.83. The number of carbonyl (C=O) groups is 1. The summed E-state index contributed by atoms with van der Waals surface area (Å²) in [6.45, 7) is 7.90. The first-order valence-electron chi connectivity index (χ1n) is 5.97. The van der Waals surface area contributed by atoms with Gasteiger partial charge in [-0.1, -0.05) is 26.8 Å². The molecule has 0 saturated heterocycles. The highest BCUT2D eigenvalue weighted by atomic mass is 32.1. The summed E-state index contributed by atoms with van der Waals surface area (Å²) < 4.78 is 8.89. The fourth-order valence-corrected chi connectivity index (χ4v) is 2.13. The number of hydrogen-bond acceptors (Lipinski definition) is 7. The van der Waals surface area contributed by atoms with E-state index in [0.29, 0.717) is 10.7 Å². The monoisotopic (exact) mass is 297 g/mol. The molecule has 3 N–H and O–H groups in total. The molecule has 0 bridgehead atoms. The van der Waals surface area contributed by atoms with Gasteiger partial charge in [-0.15, -0.1) is 0 Å². The Morgan fingerprint density at radius 3 is 2.55 bits per heavy atom. The van der Waals surface area contributed by atoms with Crippen LogP contribution in [0.5, 0.6) is 0 Å². The lowest BCUT2D eigenvalue weighted by Gasteiger charge is -2.12. The number of amidine groups is 1. The van der Waals surface area contributed by atoms with E-state index in [2.05, 4.69) is 24.5 Å².